The average Bonchev–Trinajstić information content (AvgIpc) is 2.76. The van der Waals surface area contributed by atoms with Gasteiger partial charge in [-0.1, -0.05) is 0 Å². The van der Waals surface area contributed by atoms with E-state index in [2.05, 4.69) is 22.4 Å². The minimum absolute atomic E-state index is 0.00565. The molecule has 0 saturated carbocycles. The topological polar surface area (TPSA) is 68.3 Å². The molecule has 0 aliphatic carbocycles. The van der Waals surface area contributed by atoms with Gasteiger partial charge in [0, 0.05) is 0 Å². The first-order valence-corrected chi connectivity index (χ1v) is 11.6. The van der Waals surface area contributed by atoms with Crippen LogP contribution in [0.15, 0.2) is 72.9 Å². The molecule has 1 unspecified atom stereocenters. The first-order valence-electron chi connectivity index (χ1n) is 9.47. The van der Waals surface area contributed by atoms with Gasteiger partial charge in [0.05, 0.1) is 0 Å². The number of amides is 1. The molecule has 1 amide bonds. The number of ether oxygens (including phenoxy) is 1. The van der Waals surface area contributed by atoms with E-state index in [1.54, 1.807) is 31.2 Å². The summed E-state index contributed by atoms with van der Waals surface area (Å²) >= 11 is 6.51. The molecule has 0 spiro atoms. The second-order valence-corrected chi connectivity index (χ2v) is 9.08. The number of rotatable bonds is 8. The predicted octanol–water partition coefficient (Wildman–Crippen LogP) is 2.29. The van der Waals surface area contributed by atoms with Crippen LogP contribution in [0.25, 0.3) is 0 Å². The standard InChI is InChI=1S/C23H21ClN2O3Se/c1-2-29-23(28)20(26-22(27)19-12-6-7-14-25-19)15-17-18(24)11-8-13-21(17)30-16-9-4-3-5-10-16/h3-14,20H,2,15H2,1H3,(H,26,27). The summed E-state index contributed by atoms with van der Waals surface area (Å²) in [7, 11) is 0. The number of esters is 1. The van der Waals surface area contributed by atoms with Crippen LogP contribution in [0.2, 0.25) is 5.02 Å². The van der Waals surface area contributed by atoms with E-state index in [9.17, 15) is 9.59 Å². The molecular weight excluding hydrogens is 467 g/mol. The molecule has 0 fully saturated rings. The molecule has 0 aliphatic heterocycles. The molecule has 0 bridgehead atoms. The number of hydrogen-bond donors (Lipinski definition) is 1. The number of hydrogen-bond acceptors (Lipinski definition) is 4. The van der Waals surface area contributed by atoms with Gasteiger partial charge in [-0.05, 0) is 0 Å². The summed E-state index contributed by atoms with van der Waals surface area (Å²) < 4.78 is 7.45. The molecule has 0 saturated heterocycles. The molecule has 154 valence electrons. The zero-order valence-electron chi connectivity index (χ0n) is 16.4. The van der Waals surface area contributed by atoms with Gasteiger partial charge in [0.25, 0.3) is 0 Å². The fraction of sp³-hybridized carbons (Fsp3) is 0.174. The van der Waals surface area contributed by atoms with Crippen LogP contribution in [0.5, 0.6) is 0 Å². The molecule has 1 aromatic heterocycles. The van der Waals surface area contributed by atoms with E-state index in [4.69, 9.17) is 16.3 Å². The van der Waals surface area contributed by atoms with Gasteiger partial charge >= 0.3 is 187 Å². The Morgan fingerprint density at radius 1 is 1.07 bits per heavy atom. The van der Waals surface area contributed by atoms with Crippen LogP contribution in [-0.4, -0.2) is 44.5 Å². The fourth-order valence-electron chi connectivity index (χ4n) is 2.82. The van der Waals surface area contributed by atoms with Crippen LogP contribution in [0, 0.1) is 0 Å². The monoisotopic (exact) mass is 488 g/mol. The summed E-state index contributed by atoms with van der Waals surface area (Å²) in [6.45, 7) is 1.95. The van der Waals surface area contributed by atoms with Crippen molar-refractivity contribution in [2.75, 3.05) is 6.61 Å². The summed E-state index contributed by atoms with van der Waals surface area (Å²) in [4.78, 5) is 29.3. The SMILES string of the molecule is CCOC(=O)C(Cc1c(Cl)cccc1[Se]c1ccccc1)NC(=O)c1ccccn1. The predicted molar refractivity (Wildman–Crippen MR) is 119 cm³/mol. The van der Waals surface area contributed by atoms with E-state index in [1.807, 2.05) is 30.3 Å². The Hall–Kier alpha value is -2.66. The maximum atomic E-state index is 12.6. The van der Waals surface area contributed by atoms with Crippen LogP contribution in [0.1, 0.15) is 23.0 Å². The summed E-state index contributed by atoms with van der Waals surface area (Å²) in [5.74, 6) is -0.935. The third kappa shape index (κ3) is 5.92. The first-order chi connectivity index (χ1) is 14.6. The summed E-state index contributed by atoms with van der Waals surface area (Å²) in [5.41, 5.74) is 1.07. The molecule has 7 heteroatoms. The molecule has 1 N–H and O–H groups in total. The zero-order chi connectivity index (χ0) is 21.3. The van der Waals surface area contributed by atoms with E-state index in [0.717, 1.165) is 10.0 Å². The van der Waals surface area contributed by atoms with Crippen molar-refractivity contribution in [2.24, 2.45) is 0 Å². The van der Waals surface area contributed by atoms with Crippen molar-refractivity contribution in [1.29, 1.82) is 0 Å². The molecule has 3 aromatic rings. The van der Waals surface area contributed by atoms with Crippen molar-refractivity contribution in [3.05, 3.63) is 89.2 Å². The minimum atomic E-state index is -0.871. The second kappa shape index (κ2) is 10.9. The van der Waals surface area contributed by atoms with Crippen LogP contribution < -0.4 is 14.2 Å². The summed E-state index contributed by atoms with van der Waals surface area (Å²) in [6, 6.07) is 20.0. The van der Waals surface area contributed by atoms with Gasteiger partial charge < -0.3 is 0 Å². The van der Waals surface area contributed by atoms with E-state index >= 15 is 0 Å². The fourth-order valence-corrected chi connectivity index (χ4v) is 5.32. The van der Waals surface area contributed by atoms with Crippen molar-refractivity contribution in [3.63, 3.8) is 0 Å². The Balaban J connectivity index is 1.86. The molecule has 0 radical (unpaired) electrons. The van der Waals surface area contributed by atoms with Gasteiger partial charge in [0.15, 0.2) is 0 Å². The van der Waals surface area contributed by atoms with Crippen LogP contribution >= 0.6 is 11.6 Å². The Morgan fingerprint density at radius 3 is 2.53 bits per heavy atom. The molecule has 1 heterocycles. The van der Waals surface area contributed by atoms with Gasteiger partial charge in [-0.2, -0.15) is 0 Å². The maximum absolute atomic E-state index is 12.6. The quantitative estimate of drug-likeness (QED) is 0.391. The molecule has 1 atom stereocenters. The molecule has 30 heavy (non-hydrogen) atoms. The van der Waals surface area contributed by atoms with Gasteiger partial charge in [-0.3, -0.25) is 0 Å². The normalized spacial score (nSPS) is 11.5. The van der Waals surface area contributed by atoms with Crippen LogP contribution in [0.4, 0.5) is 0 Å². The van der Waals surface area contributed by atoms with E-state index in [-0.39, 0.29) is 33.7 Å². The number of aromatic nitrogens is 1. The molecular formula is C23H21ClN2O3Se. The summed E-state index contributed by atoms with van der Waals surface area (Å²) in [6.07, 6.45) is 1.77. The Bertz CT molecular complexity index is 1000. The zero-order valence-corrected chi connectivity index (χ0v) is 18.8. The molecule has 3 rings (SSSR count). The van der Waals surface area contributed by atoms with Gasteiger partial charge in [-0.15, -0.1) is 0 Å². The van der Waals surface area contributed by atoms with Gasteiger partial charge in [0.2, 0.25) is 0 Å². The van der Waals surface area contributed by atoms with Crippen LogP contribution in [0.3, 0.4) is 0 Å². The number of nitrogens with one attached hydrogen (secondary N) is 1. The van der Waals surface area contributed by atoms with E-state index in [0.29, 0.717) is 5.02 Å². The van der Waals surface area contributed by atoms with Crippen molar-refractivity contribution in [3.8, 4) is 0 Å². The second-order valence-electron chi connectivity index (χ2n) is 6.33. The van der Waals surface area contributed by atoms with Crippen molar-refractivity contribution in [2.45, 2.75) is 19.4 Å². The van der Waals surface area contributed by atoms with E-state index in [1.165, 1.54) is 10.7 Å². The molecule has 5 nitrogen and oxygen atoms in total. The Kier molecular flexibility index (Phi) is 8.03. The average molecular weight is 488 g/mol. The van der Waals surface area contributed by atoms with E-state index < -0.39 is 17.9 Å². The molecule has 0 aliphatic rings. The van der Waals surface area contributed by atoms with Crippen molar-refractivity contribution >= 4 is 47.4 Å². The van der Waals surface area contributed by atoms with Crippen LogP contribution in [-0.2, 0) is 16.0 Å². The van der Waals surface area contributed by atoms with Crippen molar-refractivity contribution < 1.29 is 14.3 Å². The third-order valence-electron chi connectivity index (χ3n) is 4.23. The Morgan fingerprint density at radius 2 is 1.83 bits per heavy atom. The van der Waals surface area contributed by atoms with Crippen molar-refractivity contribution in [1.82, 2.24) is 10.3 Å². The number of nitrogens with zero attached hydrogens (tertiary/aromatic N) is 1. The number of halogens is 1. The first kappa shape index (κ1) is 22.0. The number of pyridine rings is 1. The number of benzene rings is 2. The number of carbonyl (C=O) groups excluding carboxylic acids is 2. The van der Waals surface area contributed by atoms with Gasteiger partial charge in [-0.25, -0.2) is 0 Å². The molecule has 2 aromatic carbocycles. The Labute approximate surface area is 187 Å². The number of carbonyl (C=O) groups is 2. The third-order valence-corrected chi connectivity index (χ3v) is 6.91. The van der Waals surface area contributed by atoms with Gasteiger partial charge in [0.1, 0.15) is 0 Å². The summed E-state index contributed by atoms with van der Waals surface area (Å²) in [5, 5.41) is 3.32.